The number of anilines is 6. The smallest absolute Gasteiger partial charge is 0.262 e. The van der Waals surface area contributed by atoms with Crippen LogP contribution in [-0.4, -0.2) is 6.71 Å². The van der Waals surface area contributed by atoms with Crippen LogP contribution in [0.4, 0.5) is 34.1 Å². The maximum Gasteiger partial charge on any atom is 0.262 e. The van der Waals surface area contributed by atoms with E-state index in [-0.39, 0.29) is 17.5 Å². The van der Waals surface area contributed by atoms with E-state index in [1.165, 1.54) is 11.1 Å². The van der Waals surface area contributed by atoms with E-state index in [4.69, 9.17) is 9.47 Å². The Hall–Kier alpha value is -7.24. The normalized spacial score (nSPS) is 12.8. The molecule has 306 valence electrons. The van der Waals surface area contributed by atoms with Crippen molar-refractivity contribution in [3.8, 4) is 23.0 Å². The van der Waals surface area contributed by atoms with Crippen LogP contribution in [-0.2, 0) is 10.8 Å². The molecule has 63 heavy (non-hydrogen) atoms. The molecule has 9 aromatic rings. The highest BCUT2D eigenvalue weighted by Gasteiger charge is 2.43. The summed E-state index contributed by atoms with van der Waals surface area (Å²) in [7, 11) is 0. The van der Waals surface area contributed by atoms with Crippen LogP contribution in [0.5, 0.6) is 23.0 Å². The van der Waals surface area contributed by atoms with E-state index in [0.29, 0.717) is 0 Å². The van der Waals surface area contributed by atoms with Crippen molar-refractivity contribution < 1.29 is 9.47 Å². The number of rotatable bonds is 6. The molecule has 0 aromatic heterocycles. The van der Waals surface area contributed by atoms with Gasteiger partial charge >= 0.3 is 0 Å². The van der Waals surface area contributed by atoms with Crippen LogP contribution >= 0.6 is 0 Å². The Bertz CT molecular complexity index is 3010. The van der Waals surface area contributed by atoms with Crippen molar-refractivity contribution in [2.75, 3.05) is 9.80 Å². The first-order valence-electron chi connectivity index (χ1n) is 22.0. The SMILES string of the molecule is CC(C)(C)c1cccc(N(c2ccccc2)c2cc3c(c4ccccc24)B2c4c(cccc4Oc4cc(N(c5ccccc5)c5cccc(C(C)(C)C)c5)c5ccccc5c42)O3)c1. The lowest BCUT2D eigenvalue weighted by atomic mass is 9.33. The molecule has 0 bridgehead atoms. The summed E-state index contributed by atoms with van der Waals surface area (Å²) < 4.78 is 14.2. The summed E-state index contributed by atoms with van der Waals surface area (Å²) in [5.74, 6) is 3.32. The van der Waals surface area contributed by atoms with Crippen molar-refractivity contribution in [1.29, 1.82) is 0 Å². The lowest BCUT2D eigenvalue weighted by Crippen LogP contribution is -2.58. The van der Waals surface area contributed by atoms with E-state index < -0.39 is 0 Å². The number of para-hydroxylation sites is 2. The number of fused-ring (bicyclic) bond motifs is 8. The quantitative estimate of drug-likeness (QED) is 0.156. The van der Waals surface area contributed by atoms with Crippen molar-refractivity contribution in [1.82, 2.24) is 0 Å². The summed E-state index contributed by atoms with van der Waals surface area (Å²) in [5.41, 5.74) is 12.3. The summed E-state index contributed by atoms with van der Waals surface area (Å²) in [6.45, 7) is 13.5. The molecule has 2 aliphatic rings. The van der Waals surface area contributed by atoms with Crippen LogP contribution in [0.2, 0.25) is 0 Å². The van der Waals surface area contributed by atoms with Crippen molar-refractivity contribution in [3.05, 3.63) is 199 Å². The lowest BCUT2D eigenvalue weighted by Gasteiger charge is -2.37. The highest BCUT2D eigenvalue weighted by molar-refractivity contribution is 7.01. The van der Waals surface area contributed by atoms with E-state index in [2.05, 4.69) is 233 Å². The van der Waals surface area contributed by atoms with Crippen LogP contribution in [0.1, 0.15) is 52.7 Å². The van der Waals surface area contributed by atoms with Gasteiger partial charge in [0.25, 0.3) is 6.71 Å². The van der Waals surface area contributed by atoms with Gasteiger partial charge in [-0.2, -0.15) is 0 Å². The standard InChI is InChI=1S/C58H49BN2O2/c1-57(2,3)38-20-17-26-42(34-38)60(40-22-9-7-10-23-40)48-36-52-54(46-30-15-13-28-44(46)48)59-55-47-31-16-14-29-45(47)49(37-53(55)63-51-33-19-32-50(62-52)56(51)59)61(41-24-11-8-12-25-41)43-27-18-21-39(35-43)58(4,5)6/h7-37H,1-6H3. The third-order valence-corrected chi connectivity index (χ3v) is 12.8. The highest BCUT2D eigenvalue weighted by Crippen LogP contribution is 2.47. The van der Waals surface area contributed by atoms with Gasteiger partial charge in [0.1, 0.15) is 23.0 Å². The second kappa shape index (κ2) is 14.7. The largest absolute Gasteiger partial charge is 0.458 e. The Morgan fingerprint density at radius 1 is 0.333 bits per heavy atom. The van der Waals surface area contributed by atoms with Crippen LogP contribution < -0.4 is 35.7 Å². The summed E-state index contributed by atoms with van der Waals surface area (Å²) in [6, 6.07) is 67.8. The van der Waals surface area contributed by atoms with Gasteiger partial charge in [-0.1, -0.05) is 157 Å². The summed E-state index contributed by atoms with van der Waals surface area (Å²) in [5, 5.41) is 4.59. The molecule has 0 unspecified atom stereocenters. The average molecular weight is 817 g/mol. The molecule has 0 amide bonds. The van der Waals surface area contributed by atoms with Gasteiger partial charge in [0, 0.05) is 51.1 Å². The molecule has 9 aromatic carbocycles. The highest BCUT2D eigenvalue weighted by atomic mass is 16.5. The van der Waals surface area contributed by atoms with Gasteiger partial charge in [-0.3, -0.25) is 0 Å². The fourth-order valence-corrected chi connectivity index (χ4v) is 9.73. The molecule has 2 aliphatic heterocycles. The van der Waals surface area contributed by atoms with E-state index in [1.54, 1.807) is 0 Å². The molecule has 0 spiro atoms. The molecule has 11 rings (SSSR count). The Labute approximate surface area is 371 Å². The zero-order valence-corrected chi connectivity index (χ0v) is 36.7. The summed E-state index contributed by atoms with van der Waals surface area (Å²) in [6.07, 6.45) is 0. The van der Waals surface area contributed by atoms with Gasteiger partial charge in [0.05, 0.1) is 11.4 Å². The third kappa shape index (κ3) is 6.53. The number of hydrogen-bond donors (Lipinski definition) is 0. The first-order valence-corrected chi connectivity index (χ1v) is 22.0. The molecule has 0 radical (unpaired) electrons. The maximum atomic E-state index is 7.10. The molecule has 0 atom stereocenters. The van der Waals surface area contributed by atoms with Gasteiger partial charge in [0.2, 0.25) is 0 Å². The number of nitrogens with zero attached hydrogens (tertiary/aromatic N) is 2. The first kappa shape index (κ1) is 38.7. The molecular weight excluding hydrogens is 767 g/mol. The van der Waals surface area contributed by atoms with E-state index in [9.17, 15) is 0 Å². The average Bonchev–Trinajstić information content (AvgIpc) is 3.29. The minimum atomic E-state index is -0.162. The van der Waals surface area contributed by atoms with Crippen LogP contribution in [0.3, 0.4) is 0 Å². The fourth-order valence-electron chi connectivity index (χ4n) is 9.73. The zero-order valence-electron chi connectivity index (χ0n) is 36.7. The molecule has 0 saturated carbocycles. The van der Waals surface area contributed by atoms with Gasteiger partial charge in [-0.05, 0) is 104 Å². The Balaban J connectivity index is 1.17. The maximum absolute atomic E-state index is 7.10. The Morgan fingerprint density at radius 2 is 0.698 bits per heavy atom. The second-order valence-electron chi connectivity index (χ2n) is 19.0. The first-order chi connectivity index (χ1) is 30.5. The van der Waals surface area contributed by atoms with E-state index in [0.717, 1.165) is 95.1 Å². The van der Waals surface area contributed by atoms with Crippen molar-refractivity contribution in [2.24, 2.45) is 0 Å². The van der Waals surface area contributed by atoms with E-state index >= 15 is 0 Å². The number of benzene rings is 9. The predicted molar refractivity (Wildman–Crippen MR) is 266 cm³/mol. The molecule has 0 saturated heterocycles. The molecule has 2 heterocycles. The lowest BCUT2D eigenvalue weighted by molar-refractivity contribution is 0.465. The summed E-state index contributed by atoms with van der Waals surface area (Å²) in [4.78, 5) is 4.78. The third-order valence-electron chi connectivity index (χ3n) is 12.8. The van der Waals surface area contributed by atoms with Crippen LogP contribution in [0, 0.1) is 0 Å². The minimum Gasteiger partial charge on any atom is -0.458 e. The second-order valence-corrected chi connectivity index (χ2v) is 19.0. The van der Waals surface area contributed by atoms with Crippen molar-refractivity contribution >= 4 is 78.8 Å². The van der Waals surface area contributed by atoms with Gasteiger partial charge in [-0.25, -0.2) is 0 Å². The molecule has 0 N–H and O–H groups in total. The number of hydrogen-bond acceptors (Lipinski definition) is 4. The summed E-state index contributed by atoms with van der Waals surface area (Å²) >= 11 is 0. The van der Waals surface area contributed by atoms with Gasteiger partial charge < -0.3 is 19.3 Å². The topological polar surface area (TPSA) is 24.9 Å². The van der Waals surface area contributed by atoms with Gasteiger partial charge in [0.15, 0.2) is 0 Å². The zero-order chi connectivity index (χ0) is 43.0. The fraction of sp³-hybridized carbons (Fsp3) is 0.138. The monoisotopic (exact) mass is 816 g/mol. The van der Waals surface area contributed by atoms with Crippen LogP contribution in [0.15, 0.2) is 188 Å². The van der Waals surface area contributed by atoms with E-state index in [1.807, 2.05) is 6.07 Å². The number of ether oxygens (including phenoxy) is 2. The molecule has 0 fully saturated rings. The molecular formula is C58H49BN2O2. The Kier molecular flexibility index (Phi) is 9.02. The molecule has 4 nitrogen and oxygen atoms in total. The minimum absolute atomic E-state index is 0.0194. The van der Waals surface area contributed by atoms with Gasteiger partial charge in [-0.15, -0.1) is 0 Å². The Morgan fingerprint density at radius 3 is 1.11 bits per heavy atom. The molecule has 0 aliphatic carbocycles. The van der Waals surface area contributed by atoms with Crippen molar-refractivity contribution in [2.45, 2.75) is 52.4 Å². The molecule has 5 heteroatoms. The van der Waals surface area contributed by atoms with Crippen molar-refractivity contribution in [3.63, 3.8) is 0 Å². The van der Waals surface area contributed by atoms with Crippen LogP contribution in [0.25, 0.3) is 21.5 Å². The predicted octanol–water partition coefficient (Wildman–Crippen LogP) is 14.3.